The summed E-state index contributed by atoms with van der Waals surface area (Å²) < 4.78 is 0. The van der Waals surface area contributed by atoms with Crippen LogP contribution in [-0.4, -0.2) is 28.4 Å². The first-order chi connectivity index (χ1) is 8.02. The zero-order valence-electron chi connectivity index (χ0n) is 9.64. The molecule has 2 amide bonds. The fraction of sp³-hybridized carbons (Fsp3) is 0.333. The molecule has 0 bridgehead atoms. The van der Waals surface area contributed by atoms with Gasteiger partial charge < -0.3 is 5.11 Å². The second-order valence-electron chi connectivity index (χ2n) is 4.32. The van der Waals surface area contributed by atoms with E-state index in [0.717, 1.165) is 4.90 Å². The van der Waals surface area contributed by atoms with E-state index in [1.165, 1.54) is 11.3 Å². The van der Waals surface area contributed by atoms with Crippen molar-refractivity contribution in [3.63, 3.8) is 0 Å². The second-order valence-corrected chi connectivity index (χ2v) is 5.26. The smallest absolute Gasteiger partial charge is 0.296 e. The standard InChI is InChI=1S/C12H13NO3S/c1-7(2)6-13-11(15)9(10(14)12(13)16)8-4-3-5-17-8/h3-5,7,14H,6H2,1-2H3. The Balaban J connectivity index is 2.35. The summed E-state index contributed by atoms with van der Waals surface area (Å²) in [7, 11) is 0. The van der Waals surface area contributed by atoms with E-state index in [-0.39, 0.29) is 11.5 Å². The van der Waals surface area contributed by atoms with Crippen molar-refractivity contribution >= 4 is 28.7 Å². The number of hydrogen-bond acceptors (Lipinski definition) is 4. The summed E-state index contributed by atoms with van der Waals surface area (Å²) >= 11 is 1.33. The van der Waals surface area contributed by atoms with Crippen molar-refractivity contribution in [1.29, 1.82) is 0 Å². The molecule has 90 valence electrons. The van der Waals surface area contributed by atoms with Gasteiger partial charge >= 0.3 is 0 Å². The van der Waals surface area contributed by atoms with Gasteiger partial charge in [-0.15, -0.1) is 11.3 Å². The molecular formula is C12H13NO3S. The van der Waals surface area contributed by atoms with Crippen molar-refractivity contribution in [3.8, 4) is 0 Å². The third kappa shape index (κ3) is 1.98. The lowest BCUT2D eigenvalue weighted by atomic mass is 10.2. The first-order valence-corrected chi connectivity index (χ1v) is 6.23. The molecule has 1 aromatic heterocycles. The molecule has 1 N–H and O–H groups in total. The number of rotatable bonds is 3. The van der Waals surface area contributed by atoms with E-state index in [4.69, 9.17) is 0 Å². The van der Waals surface area contributed by atoms with Gasteiger partial charge in [-0.05, 0) is 17.4 Å². The van der Waals surface area contributed by atoms with E-state index in [1.54, 1.807) is 17.5 Å². The molecule has 1 aromatic rings. The molecule has 0 atom stereocenters. The molecule has 0 saturated heterocycles. The van der Waals surface area contributed by atoms with Crippen LogP contribution >= 0.6 is 11.3 Å². The summed E-state index contributed by atoms with van der Waals surface area (Å²) in [5, 5.41) is 11.6. The maximum atomic E-state index is 12.1. The van der Waals surface area contributed by atoms with E-state index in [1.807, 2.05) is 13.8 Å². The largest absolute Gasteiger partial charge is 0.502 e. The molecule has 4 nitrogen and oxygen atoms in total. The van der Waals surface area contributed by atoms with E-state index in [0.29, 0.717) is 11.4 Å². The molecule has 0 spiro atoms. The summed E-state index contributed by atoms with van der Waals surface area (Å²) in [5.74, 6) is -1.24. The minimum atomic E-state index is -0.591. The predicted octanol–water partition coefficient (Wildman–Crippen LogP) is 2.04. The van der Waals surface area contributed by atoms with E-state index in [2.05, 4.69) is 0 Å². The average Bonchev–Trinajstić information content (AvgIpc) is 2.83. The van der Waals surface area contributed by atoms with Gasteiger partial charge in [0, 0.05) is 11.4 Å². The second kappa shape index (κ2) is 4.33. The quantitative estimate of drug-likeness (QED) is 0.836. The first kappa shape index (κ1) is 11.9. The van der Waals surface area contributed by atoms with Gasteiger partial charge in [-0.25, -0.2) is 0 Å². The SMILES string of the molecule is CC(C)CN1C(=O)C(O)=C(c2cccs2)C1=O. The highest BCUT2D eigenvalue weighted by Gasteiger charge is 2.39. The third-order valence-electron chi connectivity index (χ3n) is 2.46. The number of carbonyl (C=O) groups is 2. The van der Waals surface area contributed by atoms with Crippen LogP contribution in [-0.2, 0) is 9.59 Å². The fourth-order valence-electron chi connectivity index (χ4n) is 1.74. The van der Waals surface area contributed by atoms with Crippen LogP contribution in [0.25, 0.3) is 5.57 Å². The molecule has 2 rings (SSSR count). The lowest BCUT2D eigenvalue weighted by Gasteiger charge is -2.16. The molecule has 0 saturated carbocycles. The van der Waals surface area contributed by atoms with Crippen LogP contribution in [0.2, 0.25) is 0 Å². The number of amides is 2. The number of thiophene rings is 1. The molecule has 0 aromatic carbocycles. The van der Waals surface area contributed by atoms with Gasteiger partial charge in [-0.2, -0.15) is 0 Å². The minimum absolute atomic E-state index is 0.130. The molecular weight excluding hydrogens is 238 g/mol. The van der Waals surface area contributed by atoms with Crippen molar-refractivity contribution in [2.45, 2.75) is 13.8 Å². The Hall–Kier alpha value is -1.62. The lowest BCUT2D eigenvalue weighted by molar-refractivity contribution is -0.138. The van der Waals surface area contributed by atoms with Crippen molar-refractivity contribution in [3.05, 3.63) is 28.1 Å². The summed E-state index contributed by atoms with van der Waals surface area (Å²) in [6.45, 7) is 4.16. The topological polar surface area (TPSA) is 57.6 Å². The minimum Gasteiger partial charge on any atom is -0.502 e. The van der Waals surface area contributed by atoms with E-state index >= 15 is 0 Å². The average molecular weight is 251 g/mol. The van der Waals surface area contributed by atoms with Gasteiger partial charge in [0.25, 0.3) is 11.8 Å². The highest BCUT2D eigenvalue weighted by atomic mass is 32.1. The third-order valence-corrected chi connectivity index (χ3v) is 3.35. The van der Waals surface area contributed by atoms with Crippen LogP contribution in [0.4, 0.5) is 0 Å². The van der Waals surface area contributed by atoms with E-state index in [9.17, 15) is 14.7 Å². The van der Waals surface area contributed by atoms with Crippen molar-refractivity contribution in [2.75, 3.05) is 6.54 Å². The Labute approximate surface area is 103 Å². The van der Waals surface area contributed by atoms with Crippen LogP contribution in [0, 0.1) is 5.92 Å². The maximum Gasteiger partial charge on any atom is 0.296 e. The molecule has 2 heterocycles. The zero-order valence-corrected chi connectivity index (χ0v) is 10.5. The first-order valence-electron chi connectivity index (χ1n) is 5.35. The number of carbonyl (C=O) groups excluding carboxylic acids is 2. The normalized spacial score (nSPS) is 16.5. The van der Waals surface area contributed by atoms with Crippen LogP contribution in [0.15, 0.2) is 23.3 Å². The molecule has 0 unspecified atom stereocenters. The monoisotopic (exact) mass is 251 g/mol. The van der Waals surface area contributed by atoms with Crippen molar-refractivity contribution < 1.29 is 14.7 Å². The van der Waals surface area contributed by atoms with Gasteiger partial charge in [0.15, 0.2) is 5.76 Å². The summed E-state index contributed by atoms with van der Waals surface area (Å²) in [6.07, 6.45) is 0. The van der Waals surface area contributed by atoms with Gasteiger partial charge in [0.2, 0.25) is 0 Å². The lowest BCUT2D eigenvalue weighted by Crippen LogP contribution is -2.34. The molecule has 0 radical (unpaired) electrons. The number of aliphatic hydroxyl groups excluding tert-OH is 1. The maximum absolute atomic E-state index is 12.1. The highest BCUT2D eigenvalue weighted by molar-refractivity contribution is 7.11. The Morgan fingerprint density at radius 1 is 1.35 bits per heavy atom. The Kier molecular flexibility index (Phi) is 3.02. The van der Waals surface area contributed by atoms with Gasteiger partial charge in [-0.3, -0.25) is 14.5 Å². The molecule has 1 aliphatic heterocycles. The zero-order chi connectivity index (χ0) is 12.6. The van der Waals surface area contributed by atoms with Gasteiger partial charge in [-0.1, -0.05) is 19.9 Å². The molecule has 0 aliphatic carbocycles. The molecule has 1 aliphatic rings. The summed E-state index contributed by atoms with van der Waals surface area (Å²) in [4.78, 5) is 25.6. The Bertz CT molecular complexity index is 488. The number of hydrogen-bond donors (Lipinski definition) is 1. The molecule has 0 fully saturated rings. The highest BCUT2D eigenvalue weighted by Crippen LogP contribution is 2.30. The Morgan fingerprint density at radius 3 is 2.59 bits per heavy atom. The number of nitrogens with zero attached hydrogens (tertiary/aromatic N) is 1. The Morgan fingerprint density at radius 2 is 2.06 bits per heavy atom. The van der Waals surface area contributed by atoms with E-state index < -0.39 is 17.6 Å². The van der Waals surface area contributed by atoms with Crippen molar-refractivity contribution in [2.24, 2.45) is 5.92 Å². The predicted molar refractivity (Wildman–Crippen MR) is 65.4 cm³/mol. The van der Waals surface area contributed by atoms with Crippen LogP contribution in [0.5, 0.6) is 0 Å². The molecule has 5 heteroatoms. The summed E-state index contributed by atoms with van der Waals surface area (Å²) in [6, 6.07) is 3.50. The summed E-state index contributed by atoms with van der Waals surface area (Å²) in [5.41, 5.74) is 0.130. The fourth-order valence-corrected chi connectivity index (χ4v) is 2.50. The van der Waals surface area contributed by atoms with Crippen molar-refractivity contribution in [1.82, 2.24) is 4.90 Å². The number of aliphatic hydroxyl groups is 1. The van der Waals surface area contributed by atoms with Crippen LogP contribution in [0.1, 0.15) is 18.7 Å². The van der Waals surface area contributed by atoms with Gasteiger partial charge in [0.05, 0.1) is 0 Å². The molecule has 17 heavy (non-hydrogen) atoms. The van der Waals surface area contributed by atoms with Crippen LogP contribution in [0.3, 0.4) is 0 Å². The van der Waals surface area contributed by atoms with Gasteiger partial charge in [0.1, 0.15) is 5.57 Å². The van der Waals surface area contributed by atoms with Crippen LogP contribution < -0.4 is 0 Å². The number of imide groups is 1.